The molecule has 0 N–H and O–H groups in total. The number of rotatable bonds is 5. The molecule has 0 saturated heterocycles. The number of benzene rings is 1. The van der Waals surface area contributed by atoms with Gasteiger partial charge >= 0.3 is 0 Å². The molecule has 0 fully saturated rings. The molecule has 1 aliphatic rings. The van der Waals surface area contributed by atoms with Crippen molar-refractivity contribution in [1.82, 2.24) is 4.90 Å². The number of ether oxygens (including phenoxy) is 2. The SMILES string of the molecule is C=C1C(I)=C[C-]=C(c2ccc(OCCOC)cc2)N1C.[Y]. The summed E-state index contributed by atoms with van der Waals surface area (Å²) in [6.45, 7) is 5.22. The first-order chi connectivity index (χ1) is 9.63. The fraction of sp³-hybridized carbons (Fsp3) is 0.250. The Hall–Kier alpha value is -0.166. The number of halogens is 1. The standard InChI is InChI=1S/C16H17INO2.Y/c1-12-15(17)8-9-16(18(12)2)13-4-6-14(7-5-13)20-11-10-19-3;/h4-8H,1,10-11H2,2-3H3;/q-1;. The van der Waals surface area contributed by atoms with Crippen molar-refractivity contribution in [2.75, 3.05) is 27.4 Å². The third-order valence-electron chi connectivity index (χ3n) is 3.04. The van der Waals surface area contributed by atoms with E-state index in [4.69, 9.17) is 9.47 Å². The molecular weight excluding hydrogens is 454 g/mol. The largest absolute Gasteiger partial charge is 0.491 e. The van der Waals surface area contributed by atoms with Crippen LogP contribution in [0.5, 0.6) is 5.75 Å². The van der Waals surface area contributed by atoms with Gasteiger partial charge in [0.15, 0.2) is 0 Å². The molecule has 0 aromatic heterocycles. The van der Waals surface area contributed by atoms with Gasteiger partial charge in [0.25, 0.3) is 0 Å². The van der Waals surface area contributed by atoms with Crippen LogP contribution in [0.25, 0.3) is 5.70 Å². The van der Waals surface area contributed by atoms with Gasteiger partial charge in [-0.15, -0.1) is 34.7 Å². The molecule has 1 radical (unpaired) electrons. The molecule has 0 amide bonds. The van der Waals surface area contributed by atoms with E-state index in [0.717, 1.165) is 26.3 Å². The van der Waals surface area contributed by atoms with E-state index >= 15 is 0 Å². The molecular formula is C16H17INO2Y-. The Balaban J connectivity index is 0.00000220. The average molecular weight is 471 g/mol. The van der Waals surface area contributed by atoms with Crippen molar-refractivity contribution in [2.24, 2.45) is 0 Å². The van der Waals surface area contributed by atoms with Crippen molar-refractivity contribution >= 4 is 28.3 Å². The van der Waals surface area contributed by atoms with E-state index in [1.807, 2.05) is 42.3 Å². The van der Waals surface area contributed by atoms with Gasteiger partial charge in [-0.05, 0) is 17.8 Å². The molecule has 2 rings (SSSR count). The van der Waals surface area contributed by atoms with Gasteiger partial charge in [-0.25, -0.2) is 0 Å². The zero-order chi connectivity index (χ0) is 14.5. The molecule has 0 bridgehead atoms. The summed E-state index contributed by atoms with van der Waals surface area (Å²) in [5, 5.41) is 0. The normalized spacial score (nSPS) is 14.2. The van der Waals surface area contributed by atoms with E-state index in [1.54, 1.807) is 7.11 Å². The molecule has 0 spiro atoms. The van der Waals surface area contributed by atoms with Gasteiger partial charge in [-0.1, -0.05) is 21.4 Å². The molecule has 0 saturated carbocycles. The number of hydrogen-bond acceptors (Lipinski definition) is 3. The summed E-state index contributed by atoms with van der Waals surface area (Å²) < 4.78 is 11.6. The summed E-state index contributed by atoms with van der Waals surface area (Å²) in [5.41, 5.74) is 3.09. The van der Waals surface area contributed by atoms with Gasteiger partial charge in [-0.3, -0.25) is 0 Å². The first-order valence-corrected chi connectivity index (χ1v) is 7.35. The molecule has 5 heteroatoms. The fourth-order valence-electron chi connectivity index (χ4n) is 1.84. The topological polar surface area (TPSA) is 21.7 Å². The molecule has 109 valence electrons. The Labute approximate surface area is 165 Å². The summed E-state index contributed by atoms with van der Waals surface area (Å²) in [6.07, 6.45) is 5.25. The van der Waals surface area contributed by atoms with E-state index in [9.17, 15) is 0 Å². The van der Waals surface area contributed by atoms with E-state index in [1.165, 1.54) is 0 Å². The van der Waals surface area contributed by atoms with Crippen LogP contribution in [0.2, 0.25) is 0 Å². The number of allylic oxidation sites excluding steroid dienone is 3. The average Bonchev–Trinajstić information content (AvgIpc) is 2.46. The van der Waals surface area contributed by atoms with Crippen LogP contribution >= 0.6 is 22.6 Å². The molecule has 1 heterocycles. The Morgan fingerprint density at radius 1 is 1.24 bits per heavy atom. The zero-order valence-electron chi connectivity index (χ0n) is 12.2. The van der Waals surface area contributed by atoms with Crippen molar-refractivity contribution in [1.29, 1.82) is 0 Å². The van der Waals surface area contributed by atoms with Crippen LogP contribution in [0.4, 0.5) is 0 Å². The zero-order valence-corrected chi connectivity index (χ0v) is 17.2. The number of nitrogens with zero attached hydrogens (tertiary/aromatic N) is 1. The minimum atomic E-state index is 0. The second kappa shape index (κ2) is 9.08. The van der Waals surface area contributed by atoms with Crippen LogP contribution in [0.3, 0.4) is 0 Å². The summed E-state index contributed by atoms with van der Waals surface area (Å²) in [5.74, 6) is 0.841. The number of methoxy groups -OCH3 is 1. The van der Waals surface area contributed by atoms with Crippen LogP contribution in [-0.4, -0.2) is 32.3 Å². The molecule has 21 heavy (non-hydrogen) atoms. The van der Waals surface area contributed by atoms with E-state index in [2.05, 4.69) is 35.2 Å². The maximum absolute atomic E-state index is 5.55. The second-order valence-corrected chi connectivity index (χ2v) is 5.52. The van der Waals surface area contributed by atoms with Gasteiger partial charge in [-0.2, -0.15) is 12.2 Å². The molecule has 0 aliphatic carbocycles. The van der Waals surface area contributed by atoms with Gasteiger partial charge in [0.05, 0.1) is 6.61 Å². The second-order valence-electron chi connectivity index (χ2n) is 4.36. The summed E-state index contributed by atoms with van der Waals surface area (Å²) >= 11 is 2.26. The van der Waals surface area contributed by atoms with E-state index < -0.39 is 0 Å². The molecule has 1 aromatic carbocycles. The van der Waals surface area contributed by atoms with Crippen LogP contribution < -0.4 is 4.74 Å². The number of likely N-dealkylation sites (N-methyl/N-ethyl adjacent to an activating group) is 1. The van der Waals surface area contributed by atoms with Crippen LogP contribution in [0, 0.1) is 6.08 Å². The van der Waals surface area contributed by atoms with Crippen molar-refractivity contribution in [2.45, 2.75) is 0 Å². The number of hydrogen-bond donors (Lipinski definition) is 0. The van der Waals surface area contributed by atoms with Gasteiger partial charge < -0.3 is 14.4 Å². The maximum Gasteiger partial charge on any atom is 0.117 e. The predicted molar refractivity (Wildman–Crippen MR) is 89.5 cm³/mol. The van der Waals surface area contributed by atoms with Crippen molar-refractivity contribution in [3.8, 4) is 5.75 Å². The smallest absolute Gasteiger partial charge is 0.117 e. The Morgan fingerprint density at radius 3 is 2.52 bits per heavy atom. The predicted octanol–water partition coefficient (Wildman–Crippen LogP) is 3.63. The van der Waals surface area contributed by atoms with Crippen LogP contribution in [-0.2, 0) is 37.4 Å². The summed E-state index contributed by atoms with van der Waals surface area (Å²) in [7, 11) is 3.66. The maximum atomic E-state index is 5.55. The van der Waals surface area contributed by atoms with E-state index in [0.29, 0.717) is 13.2 Å². The third-order valence-corrected chi connectivity index (χ3v) is 3.97. The van der Waals surface area contributed by atoms with Crippen molar-refractivity contribution < 1.29 is 42.2 Å². The molecule has 3 nitrogen and oxygen atoms in total. The fourth-order valence-corrected chi connectivity index (χ4v) is 2.35. The molecule has 1 aliphatic heterocycles. The van der Waals surface area contributed by atoms with Crippen LogP contribution in [0.1, 0.15) is 5.56 Å². The molecule has 0 atom stereocenters. The summed E-state index contributed by atoms with van der Waals surface area (Å²) in [6, 6.07) is 7.97. The van der Waals surface area contributed by atoms with Crippen molar-refractivity contribution in [3.05, 3.63) is 57.8 Å². The first kappa shape index (κ1) is 18.9. The minimum absolute atomic E-state index is 0. The van der Waals surface area contributed by atoms with Gasteiger partial charge in [0.2, 0.25) is 0 Å². The van der Waals surface area contributed by atoms with Gasteiger partial charge in [0.1, 0.15) is 12.4 Å². The Morgan fingerprint density at radius 2 is 1.90 bits per heavy atom. The summed E-state index contributed by atoms with van der Waals surface area (Å²) in [4.78, 5) is 2.04. The Bertz CT molecular complexity index is 552. The molecule has 0 unspecified atom stereocenters. The van der Waals surface area contributed by atoms with E-state index in [-0.39, 0.29) is 32.7 Å². The quantitative estimate of drug-likeness (QED) is 0.372. The monoisotopic (exact) mass is 471 g/mol. The Kier molecular flexibility index (Phi) is 8.17. The van der Waals surface area contributed by atoms with Crippen LogP contribution in [0.15, 0.2) is 46.2 Å². The molecule has 1 aromatic rings. The van der Waals surface area contributed by atoms with Gasteiger partial charge in [0, 0.05) is 46.9 Å². The first-order valence-electron chi connectivity index (χ1n) is 6.28. The third kappa shape index (κ3) is 4.91. The van der Waals surface area contributed by atoms with Crippen molar-refractivity contribution in [3.63, 3.8) is 0 Å². The minimum Gasteiger partial charge on any atom is -0.491 e.